The van der Waals surface area contributed by atoms with Gasteiger partial charge in [0.25, 0.3) is 5.69 Å². The fraction of sp³-hybridized carbons (Fsp3) is 0.632. The van der Waals surface area contributed by atoms with Gasteiger partial charge in [0.1, 0.15) is 0 Å². The molecule has 27 heavy (non-hydrogen) atoms. The number of hydrogen-bond donors (Lipinski definition) is 2. The third-order valence-electron chi connectivity index (χ3n) is 4.80. The Morgan fingerprint density at radius 2 is 2.11 bits per heavy atom. The predicted molar refractivity (Wildman–Crippen MR) is 121 cm³/mol. The van der Waals surface area contributed by atoms with Crippen molar-refractivity contribution in [3.63, 3.8) is 0 Å². The molecule has 0 radical (unpaired) electrons. The first-order valence-corrected chi connectivity index (χ1v) is 9.60. The summed E-state index contributed by atoms with van der Waals surface area (Å²) in [6.45, 7) is 8.50. The molecule has 1 aliphatic heterocycles. The molecule has 1 aliphatic rings. The van der Waals surface area contributed by atoms with E-state index < -0.39 is 0 Å². The van der Waals surface area contributed by atoms with Crippen LogP contribution in [-0.4, -0.2) is 48.0 Å². The van der Waals surface area contributed by atoms with Crippen LogP contribution >= 0.6 is 24.0 Å². The summed E-state index contributed by atoms with van der Waals surface area (Å²) >= 11 is 0. The number of nitro benzene ring substituents is 1. The van der Waals surface area contributed by atoms with Crippen molar-refractivity contribution >= 4 is 35.6 Å². The zero-order valence-electron chi connectivity index (χ0n) is 16.3. The molecule has 2 rings (SSSR count). The number of nitro groups is 1. The van der Waals surface area contributed by atoms with E-state index in [-0.39, 0.29) is 41.1 Å². The fourth-order valence-electron chi connectivity index (χ4n) is 3.31. The minimum absolute atomic E-state index is 0. The molecule has 1 aromatic rings. The summed E-state index contributed by atoms with van der Waals surface area (Å²) in [4.78, 5) is 17.8. The summed E-state index contributed by atoms with van der Waals surface area (Å²) in [7, 11) is 0. The molecule has 8 heteroatoms. The molecule has 1 heterocycles. The van der Waals surface area contributed by atoms with Crippen molar-refractivity contribution in [2.24, 2.45) is 4.99 Å². The van der Waals surface area contributed by atoms with Crippen LogP contribution in [0.5, 0.6) is 0 Å². The van der Waals surface area contributed by atoms with Gasteiger partial charge in [-0.1, -0.05) is 24.6 Å². The molecule has 0 spiro atoms. The van der Waals surface area contributed by atoms with Gasteiger partial charge >= 0.3 is 0 Å². The first-order chi connectivity index (χ1) is 12.6. The topological polar surface area (TPSA) is 82.8 Å². The molecule has 0 amide bonds. The number of rotatable bonds is 8. The lowest BCUT2D eigenvalue weighted by Crippen LogP contribution is -2.41. The number of para-hydroxylation sites is 1. The number of nitrogens with one attached hydrogen (secondary N) is 2. The number of hydrogen-bond acceptors (Lipinski definition) is 4. The summed E-state index contributed by atoms with van der Waals surface area (Å²) < 4.78 is 0. The van der Waals surface area contributed by atoms with Crippen LogP contribution in [0.1, 0.15) is 45.1 Å². The second-order valence-corrected chi connectivity index (χ2v) is 6.74. The normalized spacial score (nSPS) is 17.9. The van der Waals surface area contributed by atoms with E-state index in [0.717, 1.165) is 26.1 Å². The summed E-state index contributed by atoms with van der Waals surface area (Å²) in [5.74, 6) is 0.706. The molecule has 0 saturated carbocycles. The number of halogens is 1. The number of guanidine groups is 1. The van der Waals surface area contributed by atoms with Crippen molar-refractivity contribution in [2.75, 3.05) is 26.2 Å². The van der Waals surface area contributed by atoms with Crippen molar-refractivity contribution in [1.29, 1.82) is 0 Å². The third-order valence-corrected chi connectivity index (χ3v) is 4.80. The van der Waals surface area contributed by atoms with Gasteiger partial charge in [0.05, 0.1) is 17.0 Å². The standard InChI is InChI=1S/C19H31N5O2.HI/c1-3-20-19(21-12-8-14-23-13-7-6-9-16(23)2)22-15-17-10-4-5-11-18(17)24(25)26;/h4-5,10-11,16H,3,6-9,12-15H2,1-2H3,(H2,20,21,22);1H. The lowest BCUT2D eigenvalue weighted by molar-refractivity contribution is -0.385. The van der Waals surface area contributed by atoms with Gasteiger partial charge in [-0.25, -0.2) is 4.99 Å². The van der Waals surface area contributed by atoms with E-state index in [4.69, 9.17) is 0 Å². The van der Waals surface area contributed by atoms with Crippen molar-refractivity contribution in [2.45, 2.75) is 52.1 Å². The van der Waals surface area contributed by atoms with Crippen LogP contribution in [0.2, 0.25) is 0 Å². The highest BCUT2D eigenvalue weighted by Gasteiger charge is 2.17. The Morgan fingerprint density at radius 3 is 2.81 bits per heavy atom. The second kappa shape index (κ2) is 12.9. The third kappa shape index (κ3) is 8.00. The molecule has 1 saturated heterocycles. The smallest absolute Gasteiger partial charge is 0.274 e. The Morgan fingerprint density at radius 1 is 1.33 bits per heavy atom. The zero-order valence-corrected chi connectivity index (χ0v) is 18.6. The largest absolute Gasteiger partial charge is 0.357 e. The van der Waals surface area contributed by atoms with Crippen LogP contribution in [-0.2, 0) is 6.54 Å². The van der Waals surface area contributed by atoms with E-state index in [0.29, 0.717) is 17.6 Å². The van der Waals surface area contributed by atoms with Gasteiger partial charge in [-0.3, -0.25) is 10.1 Å². The molecular formula is C19H32IN5O2. The quantitative estimate of drug-likeness (QED) is 0.146. The maximum absolute atomic E-state index is 11.1. The zero-order chi connectivity index (χ0) is 18.8. The number of likely N-dealkylation sites (tertiary alicyclic amines) is 1. The second-order valence-electron chi connectivity index (χ2n) is 6.74. The summed E-state index contributed by atoms with van der Waals surface area (Å²) in [6, 6.07) is 7.44. The Labute approximate surface area is 179 Å². The maximum atomic E-state index is 11.1. The molecule has 2 N–H and O–H groups in total. The molecule has 7 nitrogen and oxygen atoms in total. The van der Waals surface area contributed by atoms with Crippen LogP contribution in [0, 0.1) is 10.1 Å². The molecule has 1 aromatic carbocycles. The van der Waals surface area contributed by atoms with Crippen molar-refractivity contribution in [3.8, 4) is 0 Å². The summed E-state index contributed by atoms with van der Waals surface area (Å²) in [5.41, 5.74) is 0.739. The number of benzene rings is 1. The monoisotopic (exact) mass is 489 g/mol. The van der Waals surface area contributed by atoms with Gasteiger partial charge in [-0.15, -0.1) is 24.0 Å². The van der Waals surface area contributed by atoms with E-state index in [2.05, 4.69) is 27.4 Å². The van der Waals surface area contributed by atoms with Crippen molar-refractivity contribution < 1.29 is 4.92 Å². The van der Waals surface area contributed by atoms with E-state index in [9.17, 15) is 10.1 Å². The van der Waals surface area contributed by atoms with E-state index >= 15 is 0 Å². The summed E-state index contributed by atoms with van der Waals surface area (Å²) in [6.07, 6.45) is 5.00. The molecule has 0 aliphatic carbocycles. The van der Waals surface area contributed by atoms with Crippen molar-refractivity contribution in [1.82, 2.24) is 15.5 Å². The highest BCUT2D eigenvalue weighted by molar-refractivity contribution is 14.0. The van der Waals surface area contributed by atoms with Gasteiger partial charge in [0.2, 0.25) is 0 Å². The first-order valence-electron chi connectivity index (χ1n) is 9.60. The van der Waals surface area contributed by atoms with Crippen LogP contribution < -0.4 is 10.6 Å². The first kappa shape index (κ1) is 23.6. The Hall–Kier alpha value is -1.42. The molecule has 1 atom stereocenters. The molecule has 1 unspecified atom stereocenters. The molecule has 152 valence electrons. The highest BCUT2D eigenvalue weighted by atomic mass is 127. The molecule has 0 aromatic heterocycles. The minimum Gasteiger partial charge on any atom is -0.357 e. The van der Waals surface area contributed by atoms with Gasteiger partial charge in [0.15, 0.2) is 5.96 Å². The SMILES string of the molecule is CCNC(=NCc1ccccc1[N+](=O)[O-])NCCCN1CCCCC1C.I. The van der Waals surface area contributed by atoms with Crippen LogP contribution in [0.4, 0.5) is 5.69 Å². The minimum atomic E-state index is -0.356. The van der Waals surface area contributed by atoms with E-state index in [1.54, 1.807) is 18.2 Å². The van der Waals surface area contributed by atoms with Crippen LogP contribution in [0.15, 0.2) is 29.3 Å². The van der Waals surface area contributed by atoms with Crippen molar-refractivity contribution in [3.05, 3.63) is 39.9 Å². The fourth-order valence-corrected chi connectivity index (χ4v) is 3.31. The number of piperidine rings is 1. The van der Waals surface area contributed by atoms with Gasteiger partial charge < -0.3 is 15.5 Å². The maximum Gasteiger partial charge on any atom is 0.274 e. The highest BCUT2D eigenvalue weighted by Crippen LogP contribution is 2.18. The molecular weight excluding hydrogens is 457 g/mol. The molecule has 0 bridgehead atoms. The van der Waals surface area contributed by atoms with Gasteiger partial charge in [-0.2, -0.15) is 0 Å². The Bertz CT molecular complexity index is 612. The molecule has 1 fully saturated rings. The lowest BCUT2D eigenvalue weighted by atomic mass is 10.0. The summed E-state index contributed by atoms with van der Waals surface area (Å²) in [5, 5.41) is 17.6. The average molecular weight is 489 g/mol. The Balaban J connectivity index is 0.00000364. The average Bonchev–Trinajstić information content (AvgIpc) is 2.64. The van der Waals surface area contributed by atoms with Gasteiger partial charge in [0, 0.05) is 31.7 Å². The predicted octanol–water partition coefficient (Wildman–Crippen LogP) is 3.53. The van der Waals surface area contributed by atoms with E-state index in [1.165, 1.54) is 31.9 Å². The van der Waals surface area contributed by atoms with Gasteiger partial charge in [-0.05, 0) is 39.7 Å². The lowest BCUT2D eigenvalue weighted by Gasteiger charge is -2.33. The van der Waals surface area contributed by atoms with Crippen LogP contribution in [0.3, 0.4) is 0 Å². The Kier molecular flexibility index (Phi) is 11.3. The van der Waals surface area contributed by atoms with E-state index in [1.807, 2.05) is 6.92 Å². The van der Waals surface area contributed by atoms with Crippen LogP contribution in [0.25, 0.3) is 0 Å². The number of nitrogens with zero attached hydrogens (tertiary/aromatic N) is 3. The number of aliphatic imine (C=N–C) groups is 1.